The second-order valence-corrected chi connectivity index (χ2v) is 4.82. The van der Waals surface area contributed by atoms with Crippen LogP contribution in [0.5, 0.6) is 0 Å². The number of nitrogens with zero attached hydrogens (tertiary/aromatic N) is 1. The highest BCUT2D eigenvalue weighted by molar-refractivity contribution is 9.10. The molecule has 0 aliphatic rings. The molecule has 0 unspecified atom stereocenters. The third-order valence-electron chi connectivity index (χ3n) is 2.68. The number of hydrogen-bond acceptors (Lipinski definition) is 1. The number of benzene rings is 2. The molecule has 0 aliphatic carbocycles. The molecule has 0 spiro atoms. The molecule has 0 radical (unpaired) electrons. The Bertz CT molecular complexity index is 613. The molecular weight excluding hydrogens is 316 g/mol. The van der Waals surface area contributed by atoms with Crippen LogP contribution in [0.2, 0.25) is 0 Å². The zero-order valence-corrected chi connectivity index (χ0v) is 11.6. The van der Waals surface area contributed by atoms with E-state index in [9.17, 15) is 13.6 Å². The van der Waals surface area contributed by atoms with E-state index in [0.717, 1.165) is 6.07 Å². The van der Waals surface area contributed by atoms with Crippen LogP contribution in [0.15, 0.2) is 46.9 Å². The van der Waals surface area contributed by atoms with Crippen LogP contribution in [0.3, 0.4) is 0 Å². The molecule has 0 aliphatic heterocycles. The molecule has 2 aromatic carbocycles. The summed E-state index contributed by atoms with van der Waals surface area (Å²) in [7, 11) is 1.55. The average molecular weight is 326 g/mol. The Kier molecular flexibility index (Phi) is 3.95. The van der Waals surface area contributed by atoms with E-state index in [-0.39, 0.29) is 17.3 Å². The molecule has 1 amide bonds. The van der Waals surface area contributed by atoms with Crippen molar-refractivity contribution in [2.24, 2.45) is 0 Å². The molecule has 0 aromatic heterocycles. The number of anilines is 1. The SMILES string of the molecule is CN(C(=O)c1cc(F)ccc1Br)c1ccc(F)cc1. The van der Waals surface area contributed by atoms with Crippen LogP contribution in [0.4, 0.5) is 14.5 Å². The van der Waals surface area contributed by atoms with E-state index < -0.39 is 5.82 Å². The van der Waals surface area contributed by atoms with E-state index in [1.54, 1.807) is 7.05 Å². The van der Waals surface area contributed by atoms with Crippen LogP contribution in [-0.4, -0.2) is 13.0 Å². The highest BCUT2D eigenvalue weighted by atomic mass is 79.9. The van der Waals surface area contributed by atoms with Gasteiger partial charge < -0.3 is 4.90 Å². The van der Waals surface area contributed by atoms with Crippen LogP contribution >= 0.6 is 15.9 Å². The largest absolute Gasteiger partial charge is 0.311 e. The zero-order valence-electron chi connectivity index (χ0n) is 10.0. The Morgan fingerprint density at radius 3 is 2.26 bits per heavy atom. The summed E-state index contributed by atoms with van der Waals surface area (Å²) in [5.74, 6) is -1.24. The summed E-state index contributed by atoms with van der Waals surface area (Å²) >= 11 is 3.21. The molecule has 0 saturated carbocycles. The first-order chi connectivity index (χ1) is 8.99. The summed E-state index contributed by atoms with van der Waals surface area (Å²) in [6.45, 7) is 0. The van der Waals surface area contributed by atoms with Crippen molar-refractivity contribution in [2.45, 2.75) is 0 Å². The molecule has 19 heavy (non-hydrogen) atoms. The summed E-state index contributed by atoms with van der Waals surface area (Å²) in [5.41, 5.74) is 0.745. The van der Waals surface area contributed by atoms with Gasteiger partial charge >= 0.3 is 0 Å². The van der Waals surface area contributed by atoms with Gasteiger partial charge in [-0.1, -0.05) is 0 Å². The number of rotatable bonds is 2. The van der Waals surface area contributed by atoms with Crippen molar-refractivity contribution >= 4 is 27.5 Å². The van der Waals surface area contributed by atoms with Gasteiger partial charge in [-0.15, -0.1) is 0 Å². The summed E-state index contributed by atoms with van der Waals surface area (Å²) in [6.07, 6.45) is 0. The van der Waals surface area contributed by atoms with E-state index in [1.165, 1.54) is 41.3 Å². The maximum Gasteiger partial charge on any atom is 0.259 e. The Labute approximate surface area is 117 Å². The van der Waals surface area contributed by atoms with E-state index >= 15 is 0 Å². The maximum absolute atomic E-state index is 13.2. The van der Waals surface area contributed by atoms with Gasteiger partial charge in [-0.05, 0) is 58.4 Å². The van der Waals surface area contributed by atoms with E-state index in [2.05, 4.69) is 15.9 Å². The maximum atomic E-state index is 13.2. The predicted octanol–water partition coefficient (Wildman–Crippen LogP) is 4.00. The first-order valence-corrected chi connectivity index (χ1v) is 6.27. The third-order valence-corrected chi connectivity index (χ3v) is 3.37. The van der Waals surface area contributed by atoms with E-state index in [0.29, 0.717) is 10.2 Å². The van der Waals surface area contributed by atoms with Crippen molar-refractivity contribution < 1.29 is 13.6 Å². The van der Waals surface area contributed by atoms with Gasteiger partial charge in [0, 0.05) is 17.2 Å². The molecule has 98 valence electrons. The second-order valence-electron chi connectivity index (χ2n) is 3.96. The van der Waals surface area contributed by atoms with Gasteiger partial charge in [0.15, 0.2) is 0 Å². The number of amides is 1. The van der Waals surface area contributed by atoms with Crippen molar-refractivity contribution in [2.75, 3.05) is 11.9 Å². The Balaban J connectivity index is 2.33. The third kappa shape index (κ3) is 2.98. The van der Waals surface area contributed by atoms with Crippen molar-refractivity contribution in [1.29, 1.82) is 0 Å². The van der Waals surface area contributed by atoms with Crippen molar-refractivity contribution in [3.63, 3.8) is 0 Å². The van der Waals surface area contributed by atoms with Crippen molar-refractivity contribution in [1.82, 2.24) is 0 Å². The van der Waals surface area contributed by atoms with Crippen LogP contribution in [0, 0.1) is 11.6 Å². The number of carbonyl (C=O) groups excluding carboxylic acids is 1. The Hall–Kier alpha value is -1.75. The highest BCUT2D eigenvalue weighted by Gasteiger charge is 2.17. The summed E-state index contributed by atoms with van der Waals surface area (Å²) in [6, 6.07) is 9.40. The number of halogens is 3. The molecule has 2 rings (SSSR count). The van der Waals surface area contributed by atoms with E-state index in [4.69, 9.17) is 0 Å². The lowest BCUT2D eigenvalue weighted by atomic mass is 10.2. The van der Waals surface area contributed by atoms with Gasteiger partial charge in [0.25, 0.3) is 5.91 Å². The van der Waals surface area contributed by atoms with Crippen LogP contribution < -0.4 is 4.90 Å². The van der Waals surface area contributed by atoms with Gasteiger partial charge in [-0.3, -0.25) is 4.79 Å². The van der Waals surface area contributed by atoms with Gasteiger partial charge in [0.05, 0.1) is 5.56 Å². The molecule has 0 fully saturated rings. The molecule has 0 N–H and O–H groups in total. The fourth-order valence-corrected chi connectivity index (χ4v) is 2.04. The molecule has 0 bridgehead atoms. The summed E-state index contributed by atoms with van der Waals surface area (Å²) in [5, 5.41) is 0. The number of hydrogen-bond donors (Lipinski definition) is 0. The predicted molar refractivity (Wildman–Crippen MR) is 73.2 cm³/mol. The quantitative estimate of drug-likeness (QED) is 0.817. The fraction of sp³-hybridized carbons (Fsp3) is 0.0714. The minimum atomic E-state index is -0.487. The van der Waals surface area contributed by atoms with Crippen molar-refractivity contribution in [3.05, 3.63) is 64.1 Å². The second kappa shape index (κ2) is 5.48. The normalized spacial score (nSPS) is 10.3. The lowest BCUT2D eigenvalue weighted by Gasteiger charge is -2.18. The van der Waals surface area contributed by atoms with Gasteiger partial charge in [0.2, 0.25) is 0 Å². The minimum absolute atomic E-state index is 0.215. The average Bonchev–Trinajstić information content (AvgIpc) is 2.41. The standard InChI is InChI=1S/C14H10BrF2NO/c1-18(11-5-2-9(16)3-6-11)14(19)12-8-10(17)4-7-13(12)15/h2-8H,1H3. The van der Waals surface area contributed by atoms with Crippen LogP contribution in [-0.2, 0) is 0 Å². The van der Waals surface area contributed by atoms with Crippen LogP contribution in [0.25, 0.3) is 0 Å². The molecule has 0 saturated heterocycles. The van der Waals surface area contributed by atoms with E-state index in [1.807, 2.05) is 0 Å². The summed E-state index contributed by atoms with van der Waals surface area (Å²) in [4.78, 5) is 13.6. The molecule has 2 aromatic rings. The number of carbonyl (C=O) groups is 1. The molecular formula is C14H10BrF2NO. The first kappa shape index (κ1) is 13.7. The van der Waals surface area contributed by atoms with Gasteiger partial charge in [0.1, 0.15) is 11.6 Å². The first-order valence-electron chi connectivity index (χ1n) is 5.47. The van der Waals surface area contributed by atoms with Gasteiger partial charge in [-0.25, -0.2) is 8.78 Å². The Morgan fingerprint density at radius 2 is 1.63 bits per heavy atom. The Morgan fingerprint density at radius 1 is 1.05 bits per heavy atom. The van der Waals surface area contributed by atoms with Crippen molar-refractivity contribution in [3.8, 4) is 0 Å². The molecule has 0 heterocycles. The fourth-order valence-electron chi connectivity index (χ4n) is 1.62. The van der Waals surface area contributed by atoms with Gasteiger partial charge in [-0.2, -0.15) is 0 Å². The monoisotopic (exact) mass is 325 g/mol. The minimum Gasteiger partial charge on any atom is -0.311 e. The smallest absolute Gasteiger partial charge is 0.259 e. The highest BCUT2D eigenvalue weighted by Crippen LogP contribution is 2.22. The molecule has 2 nitrogen and oxygen atoms in total. The molecule has 0 atom stereocenters. The summed E-state index contributed by atoms with van der Waals surface area (Å²) < 4.78 is 26.5. The van der Waals surface area contributed by atoms with Crippen LogP contribution in [0.1, 0.15) is 10.4 Å². The topological polar surface area (TPSA) is 20.3 Å². The zero-order chi connectivity index (χ0) is 14.0. The molecule has 5 heteroatoms. The lowest BCUT2D eigenvalue weighted by Crippen LogP contribution is -2.26. The lowest BCUT2D eigenvalue weighted by molar-refractivity contribution is 0.0992.